The largest absolute Gasteiger partial charge is 0.376 e. The van der Waals surface area contributed by atoms with Crippen molar-refractivity contribution in [2.75, 3.05) is 11.9 Å². The Labute approximate surface area is 147 Å². The number of carbonyl (C=O) groups is 1. The van der Waals surface area contributed by atoms with Gasteiger partial charge in [-0.1, -0.05) is 18.2 Å². The van der Waals surface area contributed by atoms with Crippen molar-refractivity contribution in [3.05, 3.63) is 48.3 Å². The maximum Gasteiger partial charge on any atom is 0.319 e. The topological polar surface area (TPSA) is 63.2 Å². The standard InChI is InChI=1S/C20H23N3O2/c1-13-4-5-15(16-3-2-9-21-12-16)11-18(13)23-20(24)22-17-8-10-25-19(17)14-6-7-14/h2-5,9,11-12,14,17,19H,6-8,10H2,1H3,(H2,22,23,24)/t17-,19+/m0/s1. The maximum atomic E-state index is 12.5. The van der Waals surface area contributed by atoms with Gasteiger partial charge >= 0.3 is 6.03 Å². The van der Waals surface area contributed by atoms with Crippen LogP contribution in [0, 0.1) is 12.8 Å². The summed E-state index contributed by atoms with van der Waals surface area (Å²) >= 11 is 0. The van der Waals surface area contributed by atoms with Crippen molar-refractivity contribution < 1.29 is 9.53 Å². The second-order valence-corrected chi connectivity index (χ2v) is 6.94. The summed E-state index contributed by atoms with van der Waals surface area (Å²) in [5.41, 5.74) is 3.92. The lowest BCUT2D eigenvalue weighted by atomic mass is 10.0. The second kappa shape index (κ2) is 6.84. The van der Waals surface area contributed by atoms with E-state index in [1.165, 1.54) is 12.8 Å². The Balaban J connectivity index is 1.45. The summed E-state index contributed by atoms with van der Waals surface area (Å²) < 4.78 is 5.79. The summed E-state index contributed by atoms with van der Waals surface area (Å²) in [5, 5.41) is 6.10. The van der Waals surface area contributed by atoms with Crippen molar-refractivity contribution in [3.8, 4) is 11.1 Å². The average Bonchev–Trinajstić information content (AvgIpc) is 3.37. The molecule has 4 rings (SSSR count). The molecule has 5 heteroatoms. The molecule has 1 saturated heterocycles. The van der Waals surface area contributed by atoms with Crippen molar-refractivity contribution in [1.82, 2.24) is 10.3 Å². The minimum atomic E-state index is -0.160. The van der Waals surface area contributed by atoms with Crippen LogP contribution in [0.25, 0.3) is 11.1 Å². The first-order valence-electron chi connectivity index (χ1n) is 8.91. The Morgan fingerprint density at radius 3 is 2.84 bits per heavy atom. The van der Waals surface area contributed by atoms with E-state index in [0.717, 1.165) is 35.4 Å². The van der Waals surface area contributed by atoms with E-state index in [0.29, 0.717) is 5.92 Å². The number of aromatic nitrogens is 1. The Kier molecular flexibility index (Phi) is 4.40. The number of anilines is 1. The first-order chi connectivity index (χ1) is 12.2. The number of rotatable bonds is 4. The minimum Gasteiger partial charge on any atom is -0.376 e. The monoisotopic (exact) mass is 337 g/mol. The van der Waals surface area contributed by atoms with Crippen LogP contribution in [0.5, 0.6) is 0 Å². The number of urea groups is 1. The van der Waals surface area contributed by atoms with E-state index in [1.807, 2.05) is 43.5 Å². The first-order valence-corrected chi connectivity index (χ1v) is 8.91. The normalized spacial score (nSPS) is 22.6. The fourth-order valence-corrected chi connectivity index (χ4v) is 3.45. The van der Waals surface area contributed by atoms with Gasteiger partial charge in [0.25, 0.3) is 0 Å². The zero-order chi connectivity index (χ0) is 17.2. The van der Waals surface area contributed by atoms with Crippen LogP contribution in [0.1, 0.15) is 24.8 Å². The van der Waals surface area contributed by atoms with Crippen molar-refractivity contribution in [2.45, 2.75) is 38.3 Å². The van der Waals surface area contributed by atoms with Gasteiger partial charge in [0.15, 0.2) is 0 Å². The Morgan fingerprint density at radius 1 is 1.20 bits per heavy atom. The highest BCUT2D eigenvalue weighted by molar-refractivity contribution is 5.91. The molecular weight excluding hydrogens is 314 g/mol. The lowest BCUT2D eigenvalue weighted by Crippen LogP contribution is -2.43. The van der Waals surface area contributed by atoms with Gasteiger partial charge in [-0.2, -0.15) is 0 Å². The molecule has 2 heterocycles. The lowest BCUT2D eigenvalue weighted by molar-refractivity contribution is 0.0829. The molecule has 5 nitrogen and oxygen atoms in total. The summed E-state index contributed by atoms with van der Waals surface area (Å²) in [6.45, 7) is 2.73. The molecule has 2 fully saturated rings. The molecule has 2 aliphatic rings. The average molecular weight is 337 g/mol. The number of hydrogen-bond donors (Lipinski definition) is 2. The Morgan fingerprint density at radius 2 is 2.08 bits per heavy atom. The van der Waals surface area contributed by atoms with E-state index in [4.69, 9.17) is 4.74 Å². The van der Waals surface area contributed by atoms with E-state index in [9.17, 15) is 4.79 Å². The third-order valence-corrected chi connectivity index (χ3v) is 5.02. The molecule has 1 aromatic carbocycles. The number of ether oxygens (including phenoxy) is 1. The van der Waals surface area contributed by atoms with Gasteiger partial charge < -0.3 is 15.4 Å². The molecule has 0 unspecified atom stereocenters. The van der Waals surface area contributed by atoms with Crippen molar-refractivity contribution in [2.24, 2.45) is 5.92 Å². The van der Waals surface area contributed by atoms with Crippen LogP contribution >= 0.6 is 0 Å². The smallest absolute Gasteiger partial charge is 0.319 e. The molecule has 2 atom stereocenters. The molecule has 0 radical (unpaired) electrons. The van der Waals surface area contributed by atoms with Crippen LogP contribution < -0.4 is 10.6 Å². The van der Waals surface area contributed by atoms with Gasteiger partial charge in [-0.15, -0.1) is 0 Å². The molecule has 2 N–H and O–H groups in total. The van der Waals surface area contributed by atoms with Crippen LogP contribution in [0.4, 0.5) is 10.5 Å². The molecular formula is C20H23N3O2. The van der Waals surface area contributed by atoms with Gasteiger partial charge in [0.1, 0.15) is 0 Å². The summed E-state index contributed by atoms with van der Waals surface area (Å²) in [4.78, 5) is 16.6. The number of aryl methyl sites for hydroxylation is 1. The van der Waals surface area contributed by atoms with Crippen LogP contribution in [0.3, 0.4) is 0 Å². The lowest BCUT2D eigenvalue weighted by Gasteiger charge is -2.20. The fourth-order valence-electron chi connectivity index (χ4n) is 3.45. The zero-order valence-electron chi connectivity index (χ0n) is 14.4. The highest BCUT2D eigenvalue weighted by Crippen LogP contribution is 2.38. The van der Waals surface area contributed by atoms with Crippen molar-refractivity contribution in [3.63, 3.8) is 0 Å². The predicted octanol–water partition coefficient (Wildman–Crippen LogP) is 3.75. The summed E-state index contributed by atoms with van der Waals surface area (Å²) in [7, 11) is 0. The van der Waals surface area contributed by atoms with Crippen LogP contribution in [-0.4, -0.2) is 29.8 Å². The van der Waals surface area contributed by atoms with E-state index >= 15 is 0 Å². The molecule has 25 heavy (non-hydrogen) atoms. The number of benzene rings is 1. The van der Waals surface area contributed by atoms with Crippen LogP contribution in [0.15, 0.2) is 42.7 Å². The highest BCUT2D eigenvalue weighted by atomic mass is 16.5. The van der Waals surface area contributed by atoms with Gasteiger partial charge in [0.2, 0.25) is 0 Å². The molecule has 0 spiro atoms. The van der Waals surface area contributed by atoms with Gasteiger partial charge in [0.05, 0.1) is 12.1 Å². The predicted molar refractivity (Wildman–Crippen MR) is 97.4 cm³/mol. The van der Waals surface area contributed by atoms with Crippen molar-refractivity contribution in [1.29, 1.82) is 0 Å². The Hall–Kier alpha value is -2.40. The third kappa shape index (κ3) is 3.66. The van der Waals surface area contributed by atoms with Gasteiger partial charge in [-0.3, -0.25) is 4.98 Å². The van der Waals surface area contributed by atoms with Gasteiger partial charge in [-0.05, 0) is 55.4 Å². The van der Waals surface area contributed by atoms with E-state index in [1.54, 1.807) is 6.20 Å². The maximum absolute atomic E-state index is 12.5. The molecule has 1 saturated carbocycles. The second-order valence-electron chi connectivity index (χ2n) is 6.94. The molecule has 2 aromatic rings. The number of nitrogens with one attached hydrogen (secondary N) is 2. The van der Waals surface area contributed by atoms with E-state index in [2.05, 4.69) is 15.6 Å². The van der Waals surface area contributed by atoms with Crippen LogP contribution in [-0.2, 0) is 4.74 Å². The van der Waals surface area contributed by atoms with E-state index < -0.39 is 0 Å². The quantitative estimate of drug-likeness (QED) is 0.893. The molecule has 2 amide bonds. The third-order valence-electron chi connectivity index (χ3n) is 5.02. The fraction of sp³-hybridized carbons (Fsp3) is 0.400. The molecule has 1 aromatic heterocycles. The SMILES string of the molecule is Cc1ccc(-c2cccnc2)cc1NC(=O)N[C@H]1CCO[C@@H]1C1CC1. The number of carbonyl (C=O) groups excluding carboxylic acids is 1. The molecule has 130 valence electrons. The number of amides is 2. The summed E-state index contributed by atoms with van der Waals surface area (Å²) in [6, 6.07) is 9.94. The number of hydrogen-bond acceptors (Lipinski definition) is 3. The zero-order valence-corrected chi connectivity index (χ0v) is 14.4. The van der Waals surface area contributed by atoms with Gasteiger partial charge in [-0.25, -0.2) is 4.79 Å². The highest BCUT2D eigenvalue weighted by Gasteiger charge is 2.41. The van der Waals surface area contributed by atoms with Crippen LogP contribution in [0.2, 0.25) is 0 Å². The molecule has 0 bridgehead atoms. The minimum absolute atomic E-state index is 0.120. The first kappa shape index (κ1) is 16.1. The van der Waals surface area contributed by atoms with Gasteiger partial charge in [0, 0.05) is 30.3 Å². The van der Waals surface area contributed by atoms with Crippen molar-refractivity contribution >= 4 is 11.7 Å². The number of nitrogens with zero attached hydrogens (tertiary/aromatic N) is 1. The van der Waals surface area contributed by atoms with E-state index in [-0.39, 0.29) is 18.2 Å². The molecule has 1 aliphatic carbocycles. The Bertz CT molecular complexity index is 759. The number of pyridine rings is 1. The molecule has 1 aliphatic heterocycles. The summed E-state index contributed by atoms with van der Waals surface area (Å²) in [6.07, 6.45) is 7.10. The summed E-state index contributed by atoms with van der Waals surface area (Å²) in [5.74, 6) is 0.628.